The number of nitrogens with one attached hydrogen (secondary N) is 1. The average Bonchev–Trinajstić information content (AvgIpc) is 2.80. The fourth-order valence-corrected chi connectivity index (χ4v) is 4.46. The molecular weight excluding hydrogens is 262 g/mol. The maximum absolute atomic E-state index is 12.5. The Labute approximate surface area is 114 Å². The topological polar surface area (TPSA) is 66.4 Å². The lowest BCUT2D eigenvalue weighted by atomic mass is 10.0. The van der Waals surface area contributed by atoms with Crippen molar-refractivity contribution < 1.29 is 13.5 Å². The van der Waals surface area contributed by atoms with E-state index in [0.29, 0.717) is 17.7 Å². The third-order valence-electron chi connectivity index (χ3n) is 3.85. The monoisotopic (exact) mass is 283 g/mol. The van der Waals surface area contributed by atoms with Crippen LogP contribution in [0.1, 0.15) is 36.8 Å². The number of aliphatic hydroxyl groups is 1. The van der Waals surface area contributed by atoms with Crippen molar-refractivity contribution in [1.29, 1.82) is 0 Å². The highest BCUT2D eigenvalue weighted by Crippen LogP contribution is 2.31. The molecule has 1 fully saturated rings. The Kier molecular flexibility index (Phi) is 3.99. The predicted octanol–water partition coefficient (Wildman–Crippen LogP) is 1.89. The predicted molar refractivity (Wildman–Crippen MR) is 74.5 cm³/mol. The molecule has 4 nitrogen and oxygen atoms in total. The summed E-state index contributed by atoms with van der Waals surface area (Å²) in [5.74, 6) is 0. The number of rotatable bonds is 4. The van der Waals surface area contributed by atoms with E-state index in [1.807, 2.05) is 19.1 Å². The average molecular weight is 283 g/mol. The van der Waals surface area contributed by atoms with Crippen LogP contribution in [-0.2, 0) is 10.0 Å². The van der Waals surface area contributed by atoms with Crippen LogP contribution in [0.2, 0.25) is 0 Å². The van der Waals surface area contributed by atoms with Gasteiger partial charge in [0.15, 0.2) is 0 Å². The summed E-state index contributed by atoms with van der Waals surface area (Å²) in [6.07, 6.45) is 3.31. The number of hydrogen-bond acceptors (Lipinski definition) is 3. The van der Waals surface area contributed by atoms with Gasteiger partial charge in [0.1, 0.15) is 0 Å². The van der Waals surface area contributed by atoms with Gasteiger partial charge in [-0.1, -0.05) is 25.0 Å². The van der Waals surface area contributed by atoms with Gasteiger partial charge in [0, 0.05) is 0 Å². The zero-order valence-electron chi connectivity index (χ0n) is 11.4. The molecule has 5 heteroatoms. The molecule has 1 aliphatic rings. The van der Waals surface area contributed by atoms with Crippen LogP contribution in [0.3, 0.4) is 0 Å². The van der Waals surface area contributed by atoms with E-state index < -0.39 is 15.6 Å². The Hall–Kier alpha value is -0.910. The first-order chi connectivity index (χ1) is 8.88. The molecule has 1 saturated carbocycles. The molecule has 0 spiro atoms. The van der Waals surface area contributed by atoms with Gasteiger partial charge in [-0.15, -0.1) is 0 Å². The van der Waals surface area contributed by atoms with E-state index in [2.05, 4.69) is 4.72 Å². The van der Waals surface area contributed by atoms with E-state index in [-0.39, 0.29) is 6.61 Å². The first-order valence-electron chi connectivity index (χ1n) is 6.61. The zero-order valence-corrected chi connectivity index (χ0v) is 12.3. The van der Waals surface area contributed by atoms with Gasteiger partial charge >= 0.3 is 0 Å². The van der Waals surface area contributed by atoms with Crippen molar-refractivity contribution in [3.8, 4) is 0 Å². The number of hydrogen-bond donors (Lipinski definition) is 2. The van der Waals surface area contributed by atoms with E-state index in [4.69, 9.17) is 0 Å². The van der Waals surface area contributed by atoms with Crippen LogP contribution < -0.4 is 4.72 Å². The van der Waals surface area contributed by atoms with Crippen LogP contribution in [0.25, 0.3) is 0 Å². The normalized spacial score (nSPS) is 18.7. The van der Waals surface area contributed by atoms with Crippen LogP contribution in [0.4, 0.5) is 0 Å². The van der Waals surface area contributed by atoms with Gasteiger partial charge in [0.2, 0.25) is 10.0 Å². The Balaban J connectivity index is 2.34. The van der Waals surface area contributed by atoms with Gasteiger partial charge in [-0.05, 0) is 43.9 Å². The van der Waals surface area contributed by atoms with Crippen molar-refractivity contribution >= 4 is 10.0 Å². The zero-order chi connectivity index (χ0) is 14.1. The quantitative estimate of drug-likeness (QED) is 0.886. The highest BCUT2D eigenvalue weighted by atomic mass is 32.2. The first-order valence-corrected chi connectivity index (χ1v) is 8.09. The molecule has 0 amide bonds. The summed E-state index contributed by atoms with van der Waals surface area (Å²) < 4.78 is 27.7. The molecule has 1 aliphatic carbocycles. The van der Waals surface area contributed by atoms with Gasteiger partial charge in [-0.25, -0.2) is 13.1 Å². The first kappa shape index (κ1) is 14.5. The Morgan fingerprint density at radius 1 is 1.26 bits per heavy atom. The molecule has 0 aliphatic heterocycles. The minimum Gasteiger partial charge on any atom is -0.394 e. The molecule has 0 aromatic heterocycles. The molecule has 1 aromatic rings. The lowest BCUT2D eigenvalue weighted by Crippen LogP contribution is -2.49. The molecule has 0 radical (unpaired) electrons. The van der Waals surface area contributed by atoms with Crippen molar-refractivity contribution in [2.75, 3.05) is 6.61 Å². The molecule has 0 atom stereocenters. The molecule has 1 aromatic carbocycles. The molecule has 19 heavy (non-hydrogen) atoms. The second-order valence-corrected chi connectivity index (χ2v) is 7.17. The molecule has 0 heterocycles. The second-order valence-electron chi connectivity index (χ2n) is 5.52. The van der Waals surface area contributed by atoms with Crippen molar-refractivity contribution in [3.05, 3.63) is 29.3 Å². The minimum absolute atomic E-state index is 0.142. The summed E-state index contributed by atoms with van der Waals surface area (Å²) >= 11 is 0. The minimum atomic E-state index is -3.58. The van der Waals surface area contributed by atoms with Crippen molar-refractivity contribution in [1.82, 2.24) is 4.72 Å². The molecule has 0 bridgehead atoms. The lowest BCUT2D eigenvalue weighted by molar-refractivity contribution is 0.185. The smallest absolute Gasteiger partial charge is 0.241 e. The van der Waals surface area contributed by atoms with Crippen LogP contribution in [0.5, 0.6) is 0 Å². The summed E-state index contributed by atoms with van der Waals surface area (Å²) in [4.78, 5) is 0.312. The summed E-state index contributed by atoms with van der Waals surface area (Å²) in [6.45, 7) is 3.52. The van der Waals surface area contributed by atoms with Gasteiger partial charge in [0.05, 0.1) is 17.0 Å². The molecule has 106 valence electrons. The summed E-state index contributed by atoms with van der Waals surface area (Å²) in [7, 11) is -3.58. The van der Waals surface area contributed by atoms with Crippen LogP contribution in [0, 0.1) is 13.8 Å². The molecule has 2 N–H and O–H groups in total. The van der Waals surface area contributed by atoms with E-state index in [9.17, 15) is 13.5 Å². The van der Waals surface area contributed by atoms with Gasteiger partial charge < -0.3 is 5.11 Å². The third kappa shape index (κ3) is 2.99. The van der Waals surface area contributed by atoms with Gasteiger partial charge in [-0.3, -0.25) is 0 Å². The standard InChI is InChI=1S/C14H21NO3S/c1-11-5-6-12(2)13(9-11)19(17,18)15-14(10-16)7-3-4-8-14/h5-6,9,15-16H,3-4,7-8,10H2,1-2H3. The Morgan fingerprint density at radius 3 is 2.47 bits per heavy atom. The molecule has 0 unspecified atom stereocenters. The van der Waals surface area contributed by atoms with Gasteiger partial charge in [0.25, 0.3) is 0 Å². The van der Waals surface area contributed by atoms with E-state index in [1.165, 1.54) is 0 Å². The summed E-state index contributed by atoms with van der Waals surface area (Å²) in [6, 6.07) is 5.38. The van der Waals surface area contributed by atoms with Crippen molar-refractivity contribution in [2.45, 2.75) is 50.0 Å². The Morgan fingerprint density at radius 2 is 1.89 bits per heavy atom. The molecule has 2 rings (SSSR count). The second kappa shape index (κ2) is 5.23. The maximum Gasteiger partial charge on any atom is 0.241 e. The van der Waals surface area contributed by atoms with Crippen LogP contribution in [0.15, 0.2) is 23.1 Å². The molecular formula is C14H21NO3S. The SMILES string of the molecule is Cc1ccc(C)c(S(=O)(=O)NC2(CO)CCCC2)c1. The number of aliphatic hydroxyl groups excluding tert-OH is 1. The van der Waals surface area contributed by atoms with Crippen molar-refractivity contribution in [2.24, 2.45) is 0 Å². The van der Waals surface area contributed by atoms with Crippen LogP contribution >= 0.6 is 0 Å². The lowest BCUT2D eigenvalue weighted by Gasteiger charge is -2.28. The largest absolute Gasteiger partial charge is 0.394 e. The number of benzene rings is 1. The molecule has 0 saturated heterocycles. The Bertz CT molecular complexity index is 560. The van der Waals surface area contributed by atoms with E-state index in [1.54, 1.807) is 13.0 Å². The fraction of sp³-hybridized carbons (Fsp3) is 0.571. The third-order valence-corrected chi connectivity index (χ3v) is 5.57. The summed E-state index contributed by atoms with van der Waals surface area (Å²) in [5.41, 5.74) is 0.967. The maximum atomic E-state index is 12.5. The highest BCUT2D eigenvalue weighted by Gasteiger charge is 2.37. The fourth-order valence-electron chi connectivity index (χ4n) is 2.68. The van der Waals surface area contributed by atoms with Crippen LogP contribution in [-0.4, -0.2) is 25.7 Å². The highest BCUT2D eigenvalue weighted by molar-refractivity contribution is 7.89. The van der Waals surface area contributed by atoms with Crippen molar-refractivity contribution in [3.63, 3.8) is 0 Å². The number of sulfonamides is 1. The van der Waals surface area contributed by atoms with Gasteiger partial charge in [-0.2, -0.15) is 0 Å². The van der Waals surface area contributed by atoms with E-state index >= 15 is 0 Å². The number of aryl methyl sites for hydroxylation is 2. The summed E-state index contributed by atoms with van der Waals surface area (Å²) in [5, 5.41) is 9.52. The van der Waals surface area contributed by atoms with E-state index in [0.717, 1.165) is 24.0 Å².